The van der Waals surface area contributed by atoms with Crippen LogP contribution in [0.2, 0.25) is 0 Å². The molecule has 196 valence electrons. The molecule has 3 rings (SSSR count). The van der Waals surface area contributed by atoms with Crippen molar-refractivity contribution in [1.29, 1.82) is 0 Å². The number of benzene rings is 2. The van der Waals surface area contributed by atoms with Crippen molar-refractivity contribution < 1.29 is 38.9 Å². The number of hydrogen-bond acceptors (Lipinski definition) is 8. The molecular formula is C26H29N3O8. The zero-order chi connectivity index (χ0) is 26.5. The fourth-order valence-corrected chi connectivity index (χ4v) is 3.24. The van der Waals surface area contributed by atoms with Gasteiger partial charge in [0.1, 0.15) is 19.3 Å². The molecule has 0 aliphatic carbocycles. The Morgan fingerprint density at radius 3 is 1.86 bits per heavy atom. The molecule has 11 heteroatoms. The lowest BCUT2D eigenvalue weighted by atomic mass is 10.1. The van der Waals surface area contributed by atoms with Crippen LogP contribution in [0, 0.1) is 0 Å². The second-order valence-electron chi connectivity index (χ2n) is 8.00. The molecule has 37 heavy (non-hydrogen) atoms. The van der Waals surface area contributed by atoms with E-state index in [1.165, 1.54) is 0 Å². The van der Waals surface area contributed by atoms with E-state index in [0.717, 1.165) is 23.3 Å². The van der Waals surface area contributed by atoms with Crippen LogP contribution < -0.4 is 15.5 Å². The average Bonchev–Trinajstić information content (AvgIpc) is 3.23. The zero-order valence-electron chi connectivity index (χ0n) is 20.0. The molecule has 1 atom stereocenters. The van der Waals surface area contributed by atoms with Gasteiger partial charge in [0.15, 0.2) is 0 Å². The van der Waals surface area contributed by atoms with Gasteiger partial charge in [-0.05, 0) is 30.4 Å². The Balaban J connectivity index is 1.46. The number of hydrogen-bond donors (Lipinski definition) is 4. The Bertz CT molecular complexity index is 1130. The maximum atomic E-state index is 12.7. The first-order valence-electron chi connectivity index (χ1n) is 11.7. The van der Waals surface area contributed by atoms with E-state index in [4.69, 9.17) is 14.3 Å². The standard InChI is InChI=1S/C26H29N3O8/c30-22-14-15-23(31)29(22)37-24(32)21(28-26(34)36-18-20-11-5-2-6-12-20)13-7-8-16-27-25(33)35-17-19-9-3-1-4-10-19/h1-6,9-12,14-15,21,30-31H,7-8,13,16-18H2,(H,27,33)(H,28,34)/t21-/m0/s1. The lowest BCUT2D eigenvalue weighted by Gasteiger charge is -2.18. The molecular weight excluding hydrogens is 482 g/mol. The Kier molecular flexibility index (Phi) is 10.2. The normalized spacial score (nSPS) is 11.2. The van der Waals surface area contributed by atoms with Gasteiger partial charge >= 0.3 is 18.2 Å². The summed E-state index contributed by atoms with van der Waals surface area (Å²) in [6.45, 7) is 0.435. The van der Waals surface area contributed by atoms with Gasteiger partial charge in [0, 0.05) is 18.7 Å². The number of unbranched alkanes of at least 4 members (excludes halogenated alkanes) is 1. The van der Waals surface area contributed by atoms with E-state index in [0.29, 0.717) is 17.6 Å². The summed E-state index contributed by atoms with van der Waals surface area (Å²) in [7, 11) is 0. The van der Waals surface area contributed by atoms with Gasteiger partial charge in [-0.1, -0.05) is 60.7 Å². The van der Waals surface area contributed by atoms with E-state index in [1.807, 2.05) is 36.4 Å². The molecule has 0 aliphatic heterocycles. The lowest BCUT2D eigenvalue weighted by molar-refractivity contribution is -0.148. The molecule has 0 saturated heterocycles. The summed E-state index contributed by atoms with van der Waals surface area (Å²) in [6, 6.07) is 19.4. The third kappa shape index (κ3) is 9.13. The van der Waals surface area contributed by atoms with Gasteiger partial charge in [-0.15, -0.1) is 4.73 Å². The first kappa shape index (κ1) is 26.9. The minimum atomic E-state index is -1.14. The number of aromatic nitrogens is 1. The maximum absolute atomic E-state index is 12.7. The molecule has 4 N–H and O–H groups in total. The Labute approximate surface area is 213 Å². The van der Waals surface area contributed by atoms with Crippen molar-refractivity contribution in [2.75, 3.05) is 6.54 Å². The lowest BCUT2D eigenvalue weighted by Crippen LogP contribution is -2.45. The molecule has 0 aliphatic rings. The zero-order valence-corrected chi connectivity index (χ0v) is 20.0. The fourth-order valence-electron chi connectivity index (χ4n) is 3.24. The molecule has 0 saturated carbocycles. The summed E-state index contributed by atoms with van der Waals surface area (Å²) in [5, 5.41) is 24.5. The summed E-state index contributed by atoms with van der Waals surface area (Å²) in [4.78, 5) is 41.9. The van der Waals surface area contributed by atoms with Crippen molar-refractivity contribution in [3.63, 3.8) is 0 Å². The van der Waals surface area contributed by atoms with E-state index >= 15 is 0 Å². The number of ether oxygens (including phenoxy) is 2. The summed E-state index contributed by atoms with van der Waals surface area (Å²) < 4.78 is 10.9. The number of aromatic hydroxyl groups is 2. The molecule has 2 amide bonds. The number of amides is 2. The maximum Gasteiger partial charge on any atom is 0.408 e. The molecule has 0 unspecified atom stereocenters. The first-order valence-corrected chi connectivity index (χ1v) is 11.7. The van der Waals surface area contributed by atoms with Crippen LogP contribution in [-0.4, -0.2) is 45.7 Å². The summed E-state index contributed by atoms with van der Waals surface area (Å²) in [6.07, 6.45) is -0.370. The van der Waals surface area contributed by atoms with Gasteiger partial charge in [0.05, 0.1) is 0 Å². The molecule has 0 radical (unpaired) electrons. The average molecular weight is 512 g/mol. The SMILES string of the molecule is O=C(NCCCC[C@H](NC(=O)OCc1ccccc1)C(=O)On1c(O)ccc1O)OCc1ccccc1. The Morgan fingerprint density at radius 2 is 1.30 bits per heavy atom. The van der Waals surface area contributed by atoms with E-state index in [2.05, 4.69) is 10.6 Å². The number of carbonyl (C=O) groups is 3. The number of carbonyl (C=O) groups excluding carboxylic acids is 3. The second kappa shape index (κ2) is 14.0. The molecule has 1 heterocycles. The van der Waals surface area contributed by atoms with Crippen LogP contribution >= 0.6 is 0 Å². The fraction of sp³-hybridized carbons (Fsp3) is 0.269. The predicted molar refractivity (Wildman–Crippen MR) is 131 cm³/mol. The van der Waals surface area contributed by atoms with Gasteiger partial charge in [-0.3, -0.25) is 0 Å². The highest BCUT2D eigenvalue weighted by atomic mass is 16.7. The minimum absolute atomic E-state index is 0.00261. The largest absolute Gasteiger partial charge is 0.492 e. The monoisotopic (exact) mass is 511 g/mol. The number of nitrogens with one attached hydrogen (secondary N) is 2. The first-order chi connectivity index (χ1) is 17.9. The van der Waals surface area contributed by atoms with Gasteiger partial charge in [0.2, 0.25) is 11.8 Å². The molecule has 1 aromatic heterocycles. The quantitative estimate of drug-likeness (QED) is 0.271. The molecule has 2 aromatic carbocycles. The number of nitrogens with zero attached hydrogens (tertiary/aromatic N) is 1. The van der Waals surface area contributed by atoms with Gasteiger partial charge in [0.25, 0.3) is 0 Å². The summed E-state index contributed by atoms with van der Waals surface area (Å²) in [5.74, 6) is -1.90. The third-order valence-electron chi connectivity index (χ3n) is 5.17. The molecule has 0 spiro atoms. The van der Waals surface area contributed by atoms with E-state index < -0.39 is 36.0 Å². The van der Waals surface area contributed by atoms with E-state index in [9.17, 15) is 24.6 Å². The van der Waals surface area contributed by atoms with Crippen LogP contribution in [0.1, 0.15) is 30.4 Å². The van der Waals surface area contributed by atoms with Crippen LogP contribution in [0.25, 0.3) is 0 Å². The molecule has 0 bridgehead atoms. The van der Waals surface area contributed by atoms with Crippen LogP contribution in [0.15, 0.2) is 72.8 Å². The van der Waals surface area contributed by atoms with Crippen LogP contribution in [0.5, 0.6) is 11.8 Å². The third-order valence-corrected chi connectivity index (χ3v) is 5.17. The van der Waals surface area contributed by atoms with Gasteiger partial charge < -0.3 is 35.2 Å². The smallest absolute Gasteiger partial charge is 0.408 e. The minimum Gasteiger partial charge on any atom is -0.492 e. The highest BCUT2D eigenvalue weighted by Gasteiger charge is 2.25. The molecule has 0 fully saturated rings. The van der Waals surface area contributed by atoms with Crippen molar-refractivity contribution in [3.8, 4) is 11.8 Å². The summed E-state index contributed by atoms with van der Waals surface area (Å²) >= 11 is 0. The van der Waals surface area contributed by atoms with Crippen molar-refractivity contribution in [1.82, 2.24) is 15.4 Å². The van der Waals surface area contributed by atoms with Gasteiger partial charge in [-0.25, -0.2) is 14.4 Å². The second-order valence-corrected chi connectivity index (χ2v) is 8.00. The topological polar surface area (TPSA) is 148 Å². The van der Waals surface area contributed by atoms with E-state index in [1.54, 1.807) is 24.3 Å². The highest BCUT2D eigenvalue weighted by molar-refractivity contribution is 5.81. The van der Waals surface area contributed by atoms with Crippen molar-refractivity contribution in [3.05, 3.63) is 83.9 Å². The van der Waals surface area contributed by atoms with Gasteiger partial charge in [-0.2, -0.15) is 0 Å². The Morgan fingerprint density at radius 1 is 0.757 bits per heavy atom. The van der Waals surface area contributed by atoms with Crippen molar-refractivity contribution >= 4 is 18.2 Å². The Hall–Kier alpha value is -4.67. The van der Waals surface area contributed by atoms with Crippen LogP contribution in [0.3, 0.4) is 0 Å². The predicted octanol–water partition coefficient (Wildman–Crippen LogP) is 3.25. The van der Waals surface area contributed by atoms with Crippen molar-refractivity contribution in [2.45, 2.75) is 38.5 Å². The summed E-state index contributed by atoms with van der Waals surface area (Å²) in [5.41, 5.74) is 1.63. The molecule has 11 nitrogen and oxygen atoms in total. The number of alkyl carbamates (subject to hydrolysis) is 2. The van der Waals surface area contributed by atoms with Crippen LogP contribution in [-0.2, 0) is 27.5 Å². The molecule has 3 aromatic rings. The van der Waals surface area contributed by atoms with Crippen molar-refractivity contribution in [2.24, 2.45) is 0 Å². The number of rotatable bonds is 12. The highest BCUT2D eigenvalue weighted by Crippen LogP contribution is 2.19. The van der Waals surface area contributed by atoms with Crippen LogP contribution in [0.4, 0.5) is 9.59 Å². The van der Waals surface area contributed by atoms with E-state index in [-0.39, 0.29) is 26.2 Å².